The Balaban J connectivity index is 2.12. The molecule has 1 aromatic heterocycles. The molecule has 1 aliphatic rings. The number of piperidine rings is 1. The summed E-state index contributed by atoms with van der Waals surface area (Å²) in [4.78, 5) is 11.3. The first-order chi connectivity index (χ1) is 8.29. The van der Waals surface area contributed by atoms with Gasteiger partial charge in [-0.1, -0.05) is 6.92 Å². The van der Waals surface area contributed by atoms with Gasteiger partial charge in [-0.3, -0.25) is 0 Å². The Hall–Kier alpha value is -1.32. The summed E-state index contributed by atoms with van der Waals surface area (Å²) < 4.78 is 0. The Kier molecular flexibility index (Phi) is 4.18. The van der Waals surface area contributed by atoms with Crippen molar-refractivity contribution in [2.24, 2.45) is 0 Å². The van der Waals surface area contributed by atoms with Crippen LogP contribution >= 0.6 is 0 Å². The fourth-order valence-electron chi connectivity index (χ4n) is 2.18. The molecule has 0 radical (unpaired) electrons. The monoisotopic (exact) mass is 234 g/mol. The SMILES string of the molecule is CCCNc1cc(N2CCCCC2)nc(C)n1. The Morgan fingerprint density at radius 2 is 2.00 bits per heavy atom. The fraction of sp³-hybridized carbons (Fsp3) is 0.692. The van der Waals surface area contributed by atoms with Crippen LogP contribution in [0.25, 0.3) is 0 Å². The molecule has 0 saturated carbocycles. The summed E-state index contributed by atoms with van der Waals surface area (Å²) in [6.07, 6.45) is 5.02. The molecule has 0 amide bonds. The zero-order valence-electron chi connectivity index (χ0n) is 10.9. The average Bonchev–Trinajstić information content (AvgIpc) is 2.37. The molecule has 1 N–H and O–H groups in total. The Morgan fingerprint density at radius 3 is 2.71 bits per heavy atom. The molecule has 0 aliphatic carbocycles. The van der Waals surface area contributed by atoms with Gasteiger partial charge in [-0.2, -0.15) is 0 Å². The van der Waals surface area contributed by atoms with E-state index in [1.807, 2.05) is 6.92 Å². The number of nitrogens with zero attached hydrogens (tertiary/aromatic N) is 3. The summed E-state index contributed by atoms with van der Waals surface area (Å²) >= 11 is 0. The number of nitrogens with one attached hydrogen (secondary N) is 1. The first-order valence-corrected chi connectivity index (χ1v) is 6.64. The molecule has 0 bridgehead atoms. The molecule has 2 rings (SSSR count). The third-order valence-electron chi connectivity index (χ3n) is 3.06. The zero-order chi connectivity index (χ0) is 12.1. The van der Waals surface area contributed by atoms with Crippen LogP contribution in [0.15, 0.2) is 6.07 Å². The Bertz CT molecular complexity index is 358. The van der Waals surface area contributed by atoms with Crippen LogP contribution in [0.2, 0.25) is 0 Å². The van der Waals surface area contributed by atoms with Crippen LogP contribution in [-0.2, 0) is 0 Å². The van der Waals surface area contributed by atoms with Crippen LogP contribution in [0.3, 0.4) is 0 Å². The predicted octanol–water partition coefficient (Wildman–Crippen LogP) is 2.60. The van der Waals surface area contributed by atoms with Crippen molar-refractivity contribution in [1.82, 2.24) is 9.97 Å². The lowest BCUT2D eigenvalue weighted by Gasteiger charge is -2.28. The summed E-state index contributed by atoms with van der Waals surface area (Å²) in [5, 5.41) is 3.34. The lowest BCUT2D eigenvalue weighted by Crippen LogP contribution is -2.30. The minimum atomic E-state index is 0.853. The molecular weight excluding hydrogens is 212 g/mol. The van der Waals surface area contributed by atoms with Crippen molar-refractivity contribution >= 4 is 11.6 Å². The second kappa shape index (κ2) is 5.84. The number of rotatable bonds is 4. The largest absolute Gasteiger partial charge is 0.370 e. The van der Waals surface area contributed by atoms with Crippen molar-refractivity contribution in [2.75, 3.05) is 29.9 Å². The van der Waals surface area contributed by atoms with Crippen LogP contribution in [0.5, 0.6) is 0 Å². The van der Waals surface area contributed by atoms with Crippen molar-refractivity contribution < 1.29 is 0 Å². The molecule has 1 aliphatic heterocycles. The molecule has 4 nitrogen and oxygen atoms in total. The van der Waals surface area contributed by atoms with Gasteiger partial charge >= 0.3 is 0 Å². The van der Waals surface area contributed by atoms with E-state index < -0.39 is 0 Å². The van der Waals surface area contributed by atoms with Crippen LogP contribution < -0.4 is 10.2 Å². The molecule has 1 fully saturated rings. The topological polar surface area (TPSA) is 41.0 Å². The molecule has 2 heterocycles. The van der Waals surface area contributed by atoms with Crippen LogP contribution in [-0.4, -0.2) is 29.6 Å². The van der Waals surface area contributed by atoms with Gasteiger partial charge in [0, 0.05) is 25.7 Å². The van der Waals surface area contributed by atoms with Crippen molar-refractivity contribution in [2.45, 2.75) is 39.5 Å². The van der Waals surface area contributed by atoms with Crippen molar-refractivity contribution in [3.05, 3.63) is 11.9 Å². The summed E-state index contributed by atoms with van der Waals surface area (Å²) in [7, 11) is 0. The van der Waals surface area contributed by atoms with Crippen LogP contribution in [0.4, 0.5) is 11.6 Å². The molecule has 94 valence electrons. The maximum atomic E-state index is 4.54. The van der Waals surface area contributed by atoms with Gasteiger partial charge < -0.3 is 10.2 Å². The third kappa shape index (κ3) is 3.32. The number of hydrogen-bond acceptors (Lipinski definition) is 4. The minimum absolute atomic E-state index is 0.853. The van der Waals surface area contributed by atoms with E-state index in [0.29, 0.717) is 0 Å². The van der Waals surface area contributed by atoms with Crippen molar-refractivity contribution in [1.29, 1.82) is 0 Å². The van der Waals surface area contributed by atoms with E-state index in [0.717, 1.165) is 43.5 Å². The smallest absolute Gasteiger partial charge is 0.134 e. The van der Waals surface area contributed by atoms with Gasteiger partial charge in [0.1, 0.15) is 17.5 Å². The van der Waals surface area contributed by atoms with E-state index in [1.165, 1.54) is 19.3 Å². The van der Waals surface area contributed by atoms with Gasteiger partial charge in [-0.25, -0.2) is 9.97 Å². The standard InChI is InChI=1S/C13H22N4/c1-3-7-14-12-10-13(16-11(2)15-12)17-8-5-4-6-9-17/h10H,3-9H2,1-2H3,(H,14,15,16). The van der Waals surface area contributed by atoms with Gasteiger partial charge in [-0.15, -0.1) is 0 Å². The Labute approximate surface area is 103 Å². The van der Waals surface area contributed by atoms with E-state index >= 15 is 0 Å². The minimum Gasteiger partial charge on any atom is -0.370 e. The van der Waals surface area contributed by atoms with Gasteiger partial charge in [0.05, 0.1) is 0 Å². The van der Waals surface area contributed by atoms with Gasteiger partial charge in [0.2, 0.25) is 0 Å². The van der Waals surface area contributed by atoms with Crippen LogP contribution in [0, 0.1) is 6.92 Å². The molecule has 0 spiro atoms. The van der Waals surface area contributed by atoms with Crippen LogP contribution in [0.1, 0.15) is 38.4 Å². The molecule has 1 saturated heterocycles. The second-order valence-electron chi connectivity index (χ2n) is 4.63. The lowest BCUT2D eigenvalue weighted by molar-refractivity contribution is 0.572. The highest BCUT2D eigenvalue weighted by Gasteiger charge is 2.13. The molecule has 0 aromatic carbocycles. The highest BCUT2D eigenvalue weighted by Crippen LogP contribution is 2.20. The number of aromatic nitrogens is 2. The second-order valence-corrected chi connectivity index (χ2v) is 4.63. The van der Waals surface area contributed by atoms with E-state index in [4.69, 9.17) is 0 Å². The fourth-order valence-corrected chi connectivity index (χ4v) is 2.18. The molecule has 0 atom stereocenters. The highest BCUT2D eigenvalue weighted by molar-refractivity contribution is 5.49. The normalized spacial score (nSPS) is 16.0. The van der Waals surface area contributed by atoms with Gasteiger partial charge in [0.15, 0.2) is 0 Å². The summed E-state index contributed by atoms with van der Waals surface area (Å²) in [6, 6.07) is 2.08. The number of hydrogen-bond donors (Lipinski definition) is 1. The molecule has 1 aromatic rings. The van der Waals surface area contributed by atoms with E-state index in [9.17, 15) is 0 Å². The van der Waals surface area contributed by atoms with E-state index in [-0.39, 0.29) is 0 Å². The molecular formula is C13H22N4. The number of aryl methyl sites for hydroxylation is 1. The first-order valence-electron chi connectivity index (χ1n) is 6.64. The van der Waals surface area contributed by atoms with E-state index in [1.54, 1.807) is 0 Å². The molecule has 17 heavy (non-hydrogen) atoms. The van der Waals surface area contributed by atoms with E-state index in [2.05, 4.69) is 33.2 Å². The van der Waals surface area contributed by atoms with Crippen molar-refractivity contribution in [3.8, 4) is 0 Å². The summed E-state index contributed by atoms with van der Waals surface area (Å²) in [5.41, 5.74) is 0. The lowest BCUT2D eigenvalue weighted by atomic mass is 10.1. The zero-order valence-corrected chi connectivity index (χ0v) is 10.9. The first kappa shape index (κ1) is 12.1. The van der Waals surface area contributed by atoms with Gasteiger partial charge in [-0.05, 0) is 32.6 Å². The third-order valence-corrected chi connectivity index (χ3v) is 3.06. The molecule has 4 heteroatoms. The average molecular weight is 234 g/mol. The highest BCUT2D eigenvalue weighted by atomic mass is 15.2. The maximum Gasteiger partial charge on any atom is 0.134 e. The molecule has 0 unspecified atom stereocenters. The maximum absolute atomic E-state index is 4.54. The summed E-state index contributed by atoms with van der Waals surface area (Å²) in [5.74, 6) is 2.89. The predicted molar refractivity (Wildman–Crippen MR) is 71.6 cm³/mol. The van der Waals surface area contributed by atoms with Crippen molar-refractivity contribution in [3.63, 3.8) is 0 Å². The van der Waals surface area contributed by atoms with Gasteiger partial charge in [0.25, 0.3) is 0 Å². The summed E-state index contributed by atoms with van der Waals surface area (Å²) in [6.45, 7) is 7.35. The quantitative estimate of drug-likeness (QED) is 0.869. The number of anilines is 2. The Morgan fingerprint density at radius 1 is 1.24 bits per heavy atom.